The van der Waals surface area contributed by atoms with Crippen LogP contribution in [-0.4, -0.2) is 34.1 Å². The monoisotopic (exact) mass is 434 g/mol. The first kappa shape index (κ1) is 20.3. The first-order valence-corrected chi connectivity index (χ1v) is 10.2. The van der Waals surface area contributed by atoms with Crippen LogP contribution in [0.5, 0.6) is 5.75 Å². The Labute approximate surface area is 176 Å². The second-order valence-electron chi connectivity index (χ2n) is 5.89. The topological polar surface area (TPSA) is 60.2 Å². The molecule has 0 saturated carbocycles. The first-order chi connectivity index (χ1) is 13.3. The number of rotatable bonds is 7. The van der Waals surface area contributed by atoms with Crippen molar-refractivity contribution >= 4 is 56.3 Å². The average molecular weight is 435 g/mol. The molecule has 6 nitrogen and oxygen atoms in total. The van der Waals surface area contributed by atoms with E-state index in [0.29, 0.717) is 16.6 Å². The Kier molecular flexibility index (Phi) is 6.66. The number of carbonyl (C=O) groups excluding carboxylic acids is 1. The maximum atomic E-state index is 13.1. The molecule has 0 atom stereocenters. The Balaban J connectivity index is 0.00000225. The third-order valence-electron chi connectivity index (χ3n) is 4.16. The van der Waals surface area contributed by atoms with Crippen LogP contribution in [0.2, 0.25) is 0 Å². The fourth-order valence-corrected chi connectivity index (χ4v) is 4.52. The van der Waals surface area contributed by atoms with Crippen molar-refractivity contribution < 1.29 is 9.53 Å². The molecule has 3 heterocycles. The van der Waals surface area contributed by atoms with Gasteiger partial charge in [0, 0.05) is 25.5 Å². The maximum absolute atomic E-state index is 13.1. The number of thiophene rings is 1. The van der Waals surface area contributed by atoms with Crippen LogP contribution in [0.3, 0.4) is 0 Å². The van der Waals surface area contributed by atoms with Crippen molar-refractivity contribution in [2.45, 2.75) is 13.0 Å². The van der Waals surface area contributed by atoms with Gasteiger partial charge in [0.2, 0.25) is 0 Å². The molecule has 0 bridgehead atoms. The van der Waals surface area contributed by atoms with Crippen molar-refractivity contribution in [1.82, 2.24) is 14.5 Å². The molecule has 3 aromatic heterocycles. The van der Waals surface area contributed by atoms with Crippen molar-refractivity contribution in [3.05, 3.63) is 59.3 Å². The van der Waals surface area contributed by atoms with E-state index in [2.05, 4.69) is 4.98 Å². The zero-order chi connectivity index (χ0) is 18.6. The molecule has 0 radical (unpaired) electrons. The van der Waals surface area contributed by atoms with Crippen LogP contribution in [0.15, 0.2) is 54.4 Å². The van der Waals surface area contributed by atoms with Crippen molar-refractivity contribution in [1.29, 1.82) is 0 Å². The summed E-state index contributed by atoms with van der Waals surface area (Å²) in [6.07, 6.45) is 6.27. The van der Waals surface area contributed by atoms with Crippen LogP contribution in [0.25, 0.3) is 10.2 Å². The van der Waals surface area contributed by atoms with Gasteiger partial charge < -0.3 is 9.30 Å². The molecule has 0 aliphatic rings. The number of nitrogens with zero attached hydrogens (tertiary/aromatic N) is 4. The molecular weight excluding hydrogens is 416 g/mol. The van der Waals surface area contributed by atoms with Gasteiger partial charge in [-0.2, -0.15) is 0 Å². The Morgan fingerprint density at radius 1 is 1.29 bits per heavy atom. The van der Waals surface area contributed by atoms with Gasteiger partial charge in [-0.15, -0.1) is 23.7 Å². The minimum Gasteiger partial charge on any atom is -0.494 e. The summed E-state index contributed by atoms with van der Waals surface area (Å²) in [6, 6.07) is 9.56. The highest BCUT2D eigenvalue weighted by Gasteiger charge is 2.22. The van der Waals surface area contributed by atoms with Gasteiger partial charge in [0.25, 0.3) is 5.91 Å². The van der Waals surface area contributed by atoms with E-state index in [1.807, 2.05) is 46.5 Å². The number of thiazole rings is 1. The molecular formula is C19H19ClN4O2S2. The van der Waals surface area contributed by atoms with Crippen molar-refractivity contribution in [2.24, 2.45) is 0 Å². The maximum Gasteiger partial charge on any atom is 0.270 e. The van der Waals surface area contributed by atoms with E-state index in [4.69, 9.17) is 9.72 Å². The minimum atomic E-state index is -0.0198. The van der Waals surface area contributed by atoms with E-state index in [1.165, 1.54) is 22.7 Å². The minimum absolute atomic E-state index is 0. The summed E-state index contributed by atoms with van der Waals surface area (Å²) in [6.45, 7) is 1.37. The van der Waals surface area contributed by atoms with Gasteiger partial charge in [0.15, 0.2) is 5.13 Å². The van der Waals surface area contributed by atoms with Crippen molar-refractivity contribution in [3.63, 3.8) is 0 Å². The molecule has 4 aromatic rings. The fourth-order valence-electron chi connectivity index (χ4n) is 2.84. The number of halogens is 1. The molecule has 146 valence electrons. The third-order valence-corrected chi connectivity index (χ3v) is 6.06. The molecule has 0 unspecified atom stereocenters. The molecule has 9 heteroatoms. The van der Waals surface area contributed by atoms with Gasteiger partial charge in [-0.1, -0.05) is 23.5 Å². The lowest BCUT2D eigenvalue weighted by Gasteiger charge is -2.19. The van der Waals surface area contributed by atoms with Crippen LogP contribution >= 0.6 is 35.1 Å². The highest BCUT2D eigenvalue weighted by Crippen LogP contribution is 2.35. The zero-order valence-corrected chi connectivity index (χ0v) is 17.6. The molecule has 4 rings (SSSR count). The van der Waals surface area contributed by atoms with Crippen LogP contribution in [0.1, 0.15) is 16.1 Å². The molecule has 0 aliphatic heterocycles. The number of imidazole rings is 1. The number of methoxy groups -OCH3 is 1. The van der Waals surface area contributed by atoms with Gasteiger partial charge in [-0.25, -0.2) is 9.97 Å². The molecule has 1 amide bonds. The Morgan fingerprint density at radius 2 is 2.18 bits per heavy atom. The fraction of sp³-hybridized carbons (Fsp3) is 0.211. The third kappa shape index (κ3) is 4.19. The van der Waals surface area contributed by atoms with Crippen LogP contribution < -0.4 is 9.64 Å². The summed E-state index contributed by atoms with van der Waals surface area (Å²) in [4.78, 5) is 24.3. The molecule has 0 aliphatic carbocycles. The zero-order valence-electron chi connectivity index (χ0n) is 15.1. The number of amides is 1. The second kappa shape index (κ2) is 9.18. The Hall–Kier alpha value is -2.42. The lowest BCUT2D eigenvalue weighted by atomic mass is 10.3. The number of aromatic nitrogens is 3. The van der Waals surface area contributed by atoms with E-state index >= 15 is 0 Å². The van der Waals surface area contributed by atoms with Crippen LogP contribution in [0, 0.1) is 0 Å². The highest BCUT2D eigenvalue weighted by molar-refractivity contribution is 7.22. The predicted octanol–water partition coefficient (Wildman–Crippen LogP) is 4.72. The molecule has 28 heavy (non-hydrogen) atoms. The molecule has 0 fully saturated rings. The number of ether oxygens (including phenoxy) is 1. The number of aryl methyl sites for hydroxylation is 1. The van der Waals surface area contributed by atoms with Crippen LogP contribution in [-0.2, 0) is 6.54 Å². The van der Waals surface area contributed by atoms with Crippen molar-refractivity contribution in [2.75, 3.05) is 18.6 Å². The van der Waals surface area contributed by atoms with Gasteiger partial charge in [0.1, 0.15) is 11.3 Å². The summed E-state index contributed by atoms with van der Waals surface area (Å²) in [5.41, 5.74) is 0.790. The average Bonchev–Trinajstić information content (AvgIpc) is 3.45. The number of hydrogen-bond donors (Lipinski definition) is 0. The second-order valence-corrected chi connectivity index (χ2v) is 7.85. The number of anilines is 1. The summed E-state index contributed by atoms with van der Waals surface area (Å²) in [7, 11) is 1.63. The molecule has 0 N–H and O–H groups in total. The van der Waals surface area contributed by atoms with Gasteiger partial charge >= 0.3 is 0 Å². The summed E-state index contributed by atoms with van der Waals surface area (Å²) in [5, 5.41) is 2.61. The Bertz CT molecular complexity index is 1030. The highest BCUT2D eigenvalue weighted by atomic mass is 35.5. The van der Waals surface area contributed by atoms with E-state index in [9.17, 15) is 4.79 Å². The number of fused-ring (bicyclic) bond motifs is 1. The summed E-state index contributed by atoms with van der Waals surface area (Å²) >= 11 is 2.95. The lowest BCUT2D eigenvalue weighted by molar-refractivity contribution is 0.0990. The predicted molar refractivity (Wildman–Crippen MR) is 116 cm³/mol. The molecule has 1 aromatic carbocycles. The molecule has 0 saturated heterocycles. The van der Waals surface area contributed by atoms with E-state index in [1.54, 1.807) is 24.5 Å². The number of carbonyl (C=O) groups is 1. The standard InChI is InChI=1S/C19H18N4O2S2.ClH/c1-25-14-5-2-6-15-17(14)21-19(27-15)23(18(24)16-7-3-12-26-16)10-4-9-22-11-8-20-13-22;/h2-3,5-8,11-13H,4,9-10H2,1H3;1H. The van der Waals surface area contributed by atoms with E-state index < -0.39 is 0 Å². The molecule has 0 spiro atoms. The SMILES string of the molecule is COc1cccc2sc(N(CCCn3ccnc3)C(=O)c3cccs3)nc12.Cl. The quantitative estimate of drug-likeness (QED) is 0.422. The number of benzene rings is 1. The normalized spacial score (nSPS) is 10.6. The summed E-state index contributed by atoms with van der Waals surface area (Å²) < 4.78 is 8.43. The van der Waals surface area contributed by atoms with Crippen molar-refractivity contribution in [3.8, 4) is 5.75 Å². The number of hydrogen-bond acceptors (Lipinski definition) is 6. The van der Waals surface area contributed by atoms with Gasteiger partial charge in [-0.3, -0.25) is 9.69 Å². The number of para-hydroxylation sites is 1. The first-order valence-electron chi connectivity index (χ1n) is 8.51. The lowest BCUT2D eigenvalue weighted by Crippen LogP contribution is -2.31. The largest absolute Gasteiger partial charge is 0.494 e. The van der Waals surface area contributed by atoms with Gasteiger partial charge in [-0.05, 0) is 30.0 Å². The van der Waals surface area contributed by atoms with E-state index in [-0.39, 0.29) is 18.3 Å². The Morgan fingerprint density at radius 3 is 2.89 bits per heavy atom. The van der Waals surface area contributed by atoms with Crippen LogP contribution in [0.4, 0.5) is 5.13 Å². The van der Waals surface area contributed by atoms with E-state index in [0.717, 1.165) is 28.9 Å². The summed E-state index contributed by atoms with van der Waals surface area (Å²) in [5.74, 6) is 0.700. The smallest absolute Gasteiger partial charge is 0.270 e. The van der Waals surface area contributed by atoms with Gasteiger partial charge in [0.05, 0.1) is 23.0 Å².